The van der Waals surface area contributed by atoms with E-state index in [1.54, 1.807) is 36.7 Å². The number of rotatable bonds is 5. The first-order valence-corrected chi connectivity index (χ1v) is 7.62. The van der Waals surface area contributed by atoms with Crippen molar-refractivity contribution >= 4 is 15.7 Å². The van der Waals surface area contributed by atoms with Gasteiger partial charge in [-0.05, 0) is 36.2 Å². The number of hydrogen-bond donors (Lipinski definition) is 1. The minimum atomic E-state index is -3.52. The molecule has 0 amide bonds. The van der Waals surface area contributed by atoms with Gasteiger partial charge in [0.25, 0.3) is 10.0 Å². The van der Waals surface area contributed by atoms with E-state index in [1.807, 2.05) is 12.1 Å². The molecule has 0 aliphatic rings. The van der Waals surface area contributed by atoms with Crippen LogP contribution in [0.2, 0.25) is 0 Å². The maximum absolute atomic E-state index is 12.1. The molecule has 2 rings (SSSR count). The summed E-state index contributed by atoms with van der Waals surface area (Å²) in [6.07, 6.45) is 5.09. The summed E-state index contributed by atoms with van der Waals surface area (Å²) in [5.41, 5.74) is 1.65. The Morgan fingerprint density at radius 2 is 1.68 bits per heavy atom. The number of nitrogens with zero attached hydrogens (tertiary/aromatic N) is 1. The summed E-state index contributed by atoms with van der Waals surface area (Å²) in [6.45, 7) is 2.09. The van der Waals surface area contributed by atoms with Gasteiger partial charge in [-0.15, -0.1) is 0 Å². The van der Waals surface area contributed by atoms with Crippen LogP contribution in [0.5, 0.6) is 0 Å². The maximum Gasteiger partial charge on any atom is 0.261 e. The third-order valence-corrected chi connectivity index (χ3v) is 4.10. The van der Waals surface area contributed by atoms with Gasteiger partial charge in [-0.2, -0.15) is 0 Å². The van der Waals surface area contributed by atoms with Gasteiger partial charge in [0, 0.05) is 12.4 Å². The van der Waals surface area contributed by atoms with Crippen LogP contribution in [-0.2, 0) is 16.4 Å². The second-order valence-corrected chi connectivity index (χ2v) is 5.92. The smallest absolute Gasteiger partial charge is 0.261 e. The van der Waals surface area contributed by atoms with E-state index in [0.717, 1.165) is 18.4 Å². The van der Waals surface area contributed by atoms with Crippen molar-refractivity contribution in [1.29, 1.82) is 0 Å². The molecule has 0 saturated carbocycles. The molecule has 0 unspecified atom stereocenters. The van der Waals surface area contributed by atoms with Crippen LogP contribution >= 0.6 is 0 Å². The first kappa shape index (κ1) is 13.5. The van der Waals surface area contributed by atoms with Gasteiger partial charge in [0.15, 0.2) is 0 Å². The zero-order valence-corrected chi connectivity index (χ0v) is 11.5. The van der Waals surface area contributed by atoms with Crippen LogP contribution in [0.4, 0.5) is 5.69 Å². The molecule has 0 fully saturated rings. The summed E-state index contributed by atoms with van der Waals surface area (Å²) in [5.74, 6) is 0. The molecule has 5 heteroatoms. The number of sulfonamides is 1. The average Bonchev–Trinajstić information content (AvgIpc) is 2.40. The fraction of sp³-hybridized carbons (Fsp3) is 0.214. The average molecular weight is 276 g/mol. The minimum absolute atomic E-state index is 0.268. The largest absolute Gasteiger partial charge is 0.280 e. The molecule has 0 radical (unpaired) electrons. The fourth-order valence-corrected chi connectivity index (χ4v) is 2.82. The van der Waals surface area contributed by atoms with Crippen molar-refractivity contribution in [3.8, 4) is 0 Å². The number of aryl methyl sites for hydroxylation is 1. The predicted octanol–water partition coefficient (Wildman–Crippen LogP) is 2.83. The van der Waals surface area contributed by atoms with Crippen molar-refractivity contribution in [2.75, 3.05) is 4.72 Å². The highest BCUT2D eigenvalue weighted by molar-refractivity contribution is 7.92. The lowest BCUT2D eigenvalue weighted by Crippen LogP contribution is -2.12. The Morgan fingerprint density at radius 3 is 2.26 bits per heavy atom. The normalized spacial score (nSPS) is 11.2. The Labute approximate surface area is 113 Å². The summed E-state index contributed by atoms with van der Waals surface area (Å²) in [6, 6.07) is 10.2. The second-order valence-electron chi connectivity index (χ2n) is 4.24. The molecule has 1 heterocycles. The summed E-state index contributed by atoms with van der Waals surface area (Å²) in [4.78, 5) is 4.11. The standard InChI is InChI=1S/C14H16N2O2S/c1-2-3-12-4-6-14(7-5-12)19(17,18)16-13-8-10-15-11-9-13/h4-11H,2-3H2,1H3,(H,15,16). The molecule has 0 saturated heterocycles. The van der Waals surface area contributed by atoms with E-state index < -0.39 is 10.0 Å². The summed E-state index contributed by atoms with van der Waals surface area (Å²) in [7, 11) is -3.52. The summed E-state index contributed by atoms with van der Waals surface area (Å²) in [5, 5.41) is 0. The summed E-state index contributed by atoms with van der Waals surface area (Å²) >= 11 is 0. The number of anilines is 1. The van der Waals surface area contributed by atoms with Gasteiger partial charge in [-0.1, -0.05) is 25.5 Å². The molecule has 0 spiro atoms. The van der Waals surface area contributed by atoms with Crippen molar-refractivity contribution in [3.63, 3.8) is 0 Å². The van der Waals surface area contributed by atoms with Gasteiger partial charge >= 0.3 is 0 Å². The zero-order valence-electron chi connectivity index (χ0n) is 10.7. The van der Waals surface area contributed by atoms with E-state index in [0.29, 0.717) is 5.69 Å². The quantitative estimate of drug-likeness (QED) is 0.913. The highest BCUT2D eigenvalue weighted by atomic mass is 32.2. The maximum atomic E-state index is 12.1. The van der Waals surface area contributed by atoms with Crippen LogP contribution in [0.15, 0.2) is 53.7 Å². The minimum Gasteiger partial charge on any atom is -0.280 e. The predicted molar refractivity (Wildman–Crippen MR) is 75.5 cm³/mol. The lowest BCUT2D eigenvalue weighted by atomic mass is 10.1. The zero-order chi connectivity index (χ0) is 13.7. The molecule has 0 bridgehead atoms. The van der Waals surface area contributed by atoms with Gasteiger partial charge in [-0.3, -0.25) is 9.71 Å². The van der Waals surface area contributed by atoms with Gasteiger partial charge < -0.3 is 0 Å². The molecule has 100 valence electrons. The monoisotopic (exact) mass is 276 g/mol. The van der Waals surface area contributed by atoms with E-state index in [4.69, 9.17) is 0 Å². The lowest BCUT2D eigenvalue weighted by molar-refractivity contribution is 0.601. The van der Waals surface area contributed by atoms with Crippen molar-refractivity contribution in [2.45, 2.75) is 24.7 Å². The Balaban J connectivity index is 2.20. The van der Waals surface area contributed by atoms with E-state index in [9.17, 15) is 8.42 Å². The van der Waals surface area contributed by atoms with Gasteiger partial charge in [0.2, 0.25) is 0 Å². The van der Waals surface area contributed by atoms with E-state index >= 15 is 0 Å². The van der Waals surface area contributed by atoms with Gasteiger partial charge in [0.1, 0.15) is 0 Å². The Bertz CT molecular complexity index is 622. The number of pyridine rings is 1. The third-order valence-electron chi connectivity index (χ3n) is 2.70. The Morgan fingerprint density at radius 1 is 1.05 bits per heavy atom. The van der Waals surface area contributed by atoms with E-state index in [2.05, 4.69) is 16.6 Å². The van der Waals surface area contributed by atoms with Crippen LogP contribution in [0.1, 0.15) is 18.9 Å². The molecule has 0 aliphatic carbocycles. The summed E-state index contributed by atoms with van der Waals surface area (Å²) < 4.78 is 26.8. The van der Waals surface area contributed by atoms with Crippen molar-refractivity contribution in [1.82, 2.24) is 4.98 Å². The molecule has 19 heavy (non-hydrogen) atoms. The topological polar surface area (TPSA) is 59.1 Å². The molecule has 1 aromatic heterocycles. The van der Waals surface area contributed by atoms with E-state index in [-0.39, 0.29) is 4.90 Å². The number of benzene rings is 1. The van der Waals surface area contributed by atoms with Crippen LogP contribution in [0.25, 0.3) is 0 Å². The number of hydrogen-bond acceptors (Lipinski definition) is 3. The first-order valence-electron chi connectivity index (χ1n) is 6.13. The van der Waals surface area contributed by atoms with E-state index in [1.165, 1.54) is 0 Å². The lowest BCUT2D eigenvalue weighted by Gasteiger charge is -2.08. The van der Waals surface area contributed by atoms with Crippen LogP contribution in [-0.4, -0.2) is 13.4 Å². The SMILES string of the molecule is CCCc1ccc(S(=O)(=O)Nc2ccncc2)cc1. The molecule has 1 N–H and O–H groups in total. The van der Waals surface area contributed by atoms with Crippen molar-refractivity contribution in [3.05, 3.63) is 54.4 Å². The fourth-order valence-electron chi connectivity index (χ4n) is 1.76. The molecular formula is C14H16N2O2S. The molecule has 1 aromatic carbocycles. The third kappa shape index (κ3) is 3.54. The number of aromatic nitrogens is 1. The Hall–Kier alpha value is -1.88. The van der Waals surface area contributed by atoms with Crippen LogP contribution in [0.3, 0.4) is 0 Å². The van der Waals surface area contributed by atoms with Crippen LogP contribution in [0, 0.1) is 0 Å². The molecular weight excluding hydrogens is 260 g/mol. The highest BCUT2D eigenvalue weighted by Crippen LogP contribution is 2.16. The molecule has 0 atom stereocenters. The van der Waals surface area contributed by atoms with Crippen LogP contribution < -0.4 is 4.72 Å². The first-order chi connectivity index (χ1) is 9.12. The van der Waals surface area contributed by atoms with Crippen molar-refractivity contribution in [2.24, 2.45) is 0 Å². The van der Waals surface area contributed by atoms with Gasteiger partial charge in [-0.25, -0.2) is 8.42 Å². The highest BCUT2D eigenvalue weighted by Gasteiger charge is 2.13. The second kappa shape index (κ2) is 5.84. The molecule has 0 aliphatic heterocycles. The number of nitrogens with one attached hydrogen (secondary N) is 1. The molecule has 4 nitrogen and oxygen atoms in total. The van der Waals surface area contributed by atoms with Crippen molar-refractivity contribution < 1.29 is 8.42 Å². The Kier molecular flexibility index (Phi) is 4.16. The molecule has 2 aromatic rings. The van der Waals surface area contributed by atoms with Gasteiger partial charge in [0.05, 0.1) is 10.6 Å².